The molecule has 0 bridgehead atoms. The largest absolute Gasteiger partial charge is 0.493 e. The lowest BCUT2D eigenvalue weighted by Crippen LogP contribution is -2.19. The Morgan fingerprint density at radius 1 is 1.12 bits per heavy atom. The Hall–Kier alpha value is -2.24. The molecule has 0 aliphatic rings. The topological polar surface area (TPSA) is 59.9 Å². The lowest BCUT2D eigenvalue weighted by atomic mass is 10.1. The van der Waals surface area contributed by atoms with Crippen molar-refractivity contribution in [3.63, 3.8) is 0 Å². The summed E-state index contributed by atoms with van der Waals surface area (Å²) in [6.07, 6.45) is 1.56. The number of halogens is 2. The molecule has 0 aliphatic heterocycles. The van der Waals surface area contributed by atoms with Gasteiger partial charge in [-0.15, -0.1) is 0 Å². The third kappa shape index (κ3) is 4.63. The summed E-state index contributed by atoms with van der Waals surface area (Å²) in [7, 11) is 3.10. The maximum Gasteiger partial charge on any atom is 0.244 e. The van der Waals surface area contributed by atoms with Crippen LogP contribution in [0.1, 0.15) is 11.1 Å². The highest BCUT2D eigenvalue weighted by molar-refractivity contribution is 6.38. The van der Waals surface area contributed by atoms with E-state index in [9.17, 15) is 4.79 Å². The van der Waals surface area contributed by atoms with Gasteiger partial charge in [-0.2, -0.15) is 5.10 Å². The highest BCUT2D eigenvalue weighted by atomic mass is 35.5. The Balaban J connectivity index is 2.00. The third-order valence-corrected chi connectivity index (χ3v) is 3.85. The molecule has 0 aliphatic carbocycles. The van der Waals surface area contributed by atoms with Gasteiger partial charge in [-0.05, 0) is 29.8 Å². The van der Waals surface area contributed by atoms with Crippen LogP contribution in [0, 0.1) is 0 Å². The van der Waals surface area contributed by atoms with Crippen LogP contribution in [0.2, 0.25) is 10.0 Å². The molecule has 1 amide bonds. The standard InChI is InChI=1S/C17H16Cl2N2O3/c1-23-15-7-6-11(8-16(15)24-2)9-17(22)21-20-10-12-13(18)4-3-5-14(12)19/h3-8,10H,9H2,1-2H3,(H,21,22). The molecule has 1 N–H and O–H groups in total. The quantitative estimate of drug-likeness (QED) is 0.626. The van der Waals surface area contributed by atoms with E-state index in [4.69, 9.17) is 32.7 Å². The number of hydrogen-bond acceptors (Lipinski definition) is 4. The number of ether oxygens (including phenoxy) is 2. The van der Waals surface area contributed by atoms with E-state index in [0.717, 1.165) is 5.56 Å². The molecule has 0 radical (unpaired) electrons. The van der Waals surface area contributed by atoms with Crippen molar-refractivity contribution in [3.05, 3.63) is 57.6 Å². The maximum atomic E-state index is 12.0. The number of methoxy groups -OCH3 is 2. The van der Waals surface area contributed by atoms with Gasteiger partial charge >= 0.3 is 0 Å². The van der Waals surface area contributed by atoms with Gasteiger partial charge in [0.1, 0.15) is 0 Å². The van der Waals surface area contributed by atoms with E-state index in [1.165, 1.54) is 6.21 Å². The fraction of sp³-hybridized carbons (Fsp3) is 0.176. The fourth-order valence-electron chi connectivity index (χ4n) is 2.02. The van der Waals surface area contributed by atoms with E-state index in [1.807, 2.05) is 0 Å². The van der Waals surface area contributed by atoms with Gasteiger partial charge in [0, 0.05) is 5.56 Å². The lowest BCUT2D eigenvalue weighted by molar-refractivity contribution is -0.120. The van der Waals surface area contributed by atoms with Gasteiger partial charge in [-0.25, -0.2) is 5.43 Å². The minimum atomic E-state index is -0.276. The molecule has 0 aromatic heterocycles. The van der Waals surface area contributed by atoms with Crippen LogP contribution in [0.3, 0.4) is 0 Å². The van der Waals surface area contributed by atoms with Crippen molar-refractivity contribution < 1.29 is 14.3 Å². The van der Waals surface area contributed by atoms with Crippen molar-refractivity contribution in [2.75, 3.05) is 14.2 Å². The predicted octanol–water partition coefficient (Wildman–Crippen LogP) is 3.70. The zero-order valence-corrected chi connectivity index (χ0v) is 14.7. The van der Waals surface area contributed by atoms with Crippen molar-refractivity contribution in [1.29, 1.82) is 0 Å². The molecule has 5 nitrogen and oxygen atoms in total. The molecule has 126 valence electrons. The van der Waals surface area contributed by atoms with Crippen molar-refractivity contribution >= 4 is 35.3 Å². The van der Waals surface area contributed by atoms with Crippen LogP contribution in [0.5, 0.6) is 11.5 Å². The molecule has 0 fully saturated rings. The zero-order chi connectivity index (χ0) is 17.5. The van der Waals surface area contributed by atoms with Crippen LogP contribution in [-0.4, -0.2) is 26.3 Å². The number of nitrogens with zero attached hydrogens (tertiary/aromatic N) is 1. The number of rotatable bonds is 6. The van der Waals surface area contributed by atoms with E-state index in [1.54, 1.807) is 50.6 Å². The monoisotopic (exact) mass is 366 g/mol. The van der Waals surface area contributed by atoms with Gasteiger partial charge in [-0.3, -0.25) is 4.79 Å². The second-order valence-corrected chi connectivity index (χ2v) is 5.61. The third-order valence-electron chi connectivity index (χ3n) is 3.20. The summed E-state index contributed by atoms with van der Waals surface area (Å²) in [4.78, 5) is 12.0. The van der Waals surface area contributed by atoms with Crippen LogP contribution in [-0.2, 0) is 11.2 Å². The second kappa shape index (κ2) is 8.57. The van der Waals surface area contributed by atoms with Crippen LogP contribution in [0.15, 0.2) is 41.5 Å². The molecule has 7 heteroatoms. The Morgan fingerprint density at radius 3 is 2.42 bits per heavy atom. The molecule has 0 unspecified atom stereocenters. The highest BCUT2D eigenvalue weighted by Gasteiger charge is 2.08. The molecule has 0 spiro atoms. The molecule has 0 atom stereocenters. The molecule has 2 aromatic rings. The van der Waals surface area contributed by atoms with Crippen molar-refractivity contribution in [2.24, 2.45) is 5.10 Å². The van der Waals surface area contributed by atoms with Crippen molar-refractivity contribution in [2.45, 2.75) is 6.42 Å². The molecule has 0 heterocycles. The predicted molar refractivity (Wildman–Crippen MR) is 95.4 cm³/mol. The van der Waals surface area contributed by atoms with Gasteiger partial charge in [0.2, 0.25) is 5.91 Å². The Morgan fingerprint density at radius 2 is 1.79 bits per heavy atom. The lowest BCUT2D eigenvalue weighted by Gasteiger charge is -2.09. The molecule has 0 saturated carbocycles. The van der Waals surface area contributed by atoms with Gasteiger partial charge < -0.3 is 9.47 Å². The fourth-order valence-corrected chi connectivity index (χ4v) is 2.51. The Labute approximate surface area is 150 Å². The summed E-state index contributed by atoms with van der Waals surface area (Å²) >= 11 is 12.0. The summed E-state index contributed by atoms with van der Waals surface area (Å²) in [6.45, 7) is 0. The zero-order valence-electron chi connectivity index (χ0n) is 13.2. The molecular formula is C17H16Cl2N2O3. The number of nitrogens with one attached hydrogen (secondary N) is 1. The summed E-state index contributed by atoms with van der Waals surface area (Å²) in [6, 6.07) is 10.4. The van der Waals surface area contributed by atoms with Crippen LogP contribution in [0.25, 0.3) is 0 Å². The van der Waals surface area contributed by atoms with E-state index in [2.05, 4.69) is 10.5 Å². The average Bonchev–Trinajstić information content (AvgIpc) is 2.57. The first-order valence-electron chi connectivity index (χ1n) is 7.02. The first kappa shape index (κ1) is 18.1. The molecule has 24 heavy (non-hydrogen) atoms. The minimum Gasteiger partial charge on any atom is -0.493 e. The average molecular weight is 367 g/mol. The van der Waals surface area contributed by atoms with Crippen molar-refractivity contribution in [3.8, 4) is 11.5 Å². The van der Waals surface area contributed by atoms with Gasteiger partial charge in [0.25, 0.3) is 0 Å². The highest BCUT2D eigenvalue weighted by Crippen LogP contribution is 2.27. The van der Waals surface area contributed by atoms with Crippen LogP contribution in [0.4, 0.5) is 0 Å². The minimum absolute atomic E-state index is 0.147. The normalized spacial score (nSPS) is 10.7. The van der Waals surface area contributed by atoms with E-state index in [-0.39, 0.29) is 12.3 Å². The second-order valence-electron chi connectivity index (χ2n) is 4.79. The van der Waals surface area contributed by atoms with Crippen molar-refractivity contribution in [1.82, 2.24) is 5.43 Å². The Kier molecular flexibility index (Phi) is 6.46. The first-order chi connectivity index (χ1) is 11.5. The maximum absolute atomic E-state index is 12.0. The number of amides is 1. The molecule has 2 rings (SSSR count). The summed E-state index contributed by atoms with van der Waals surface area (Å²) < 4.78 is 10.4. The van der Waals surface area contributed by atoms with E-state index >= 15 is 0 Å². The number of benzene rings is 2. The first-order valence-corrected chi connectivity index (χ1v) is 7.77. The van der Waals surface area contributed by atoms with E-state index < -0.39 is 0 Å². The summed E-state index contributed by atoms with van der Waals surface area (Å²) in [5.41, 5.74) is 3.76. The Bertz CT molecular complexity index is 743. The number of hydrogen-bond donors (Lipinski definition) is 1. The smallest absolute Gasteiger partial charge is 0.244 e. The number of hydrazone groups is 1. The van der Waals surface area contributed by atoms with E-state index in [0.29, 0.717) is 27.1 Å². The van der Waals surface area contributed by atoms with Gasteiger partial charge in [0.15, 0.2) is 11.5 Å². The van der Waals surface area contributed by atoms with Crippen LogP contribution >= 0.6 is 23.2 Å². The summed E-state index contributed by atoms with van der Waals surface area (Å²) in [5, 5.41) is 4.80. The summed E-state index contributed by atoms with van der Waals surface area (Å²) in [5.74, 6) is 0.892. The number of carbonyl (C=O) groups excluding carboxylic acids is 1. The van der Waals surface area contributed by atoms with Gasteiger partial charge in [-0.1, -0.05) is 35.3 Å². The molecular weight excluding hydrogens is 351 g/mol. The molecule has 0 saturated heterocycles. The number of carbonyl (C=O) groups is 1. The van der Waals surface area contributed by atoms with Gasteiger partial charge in [0.05, 0.1) is 36.9 Å². The SMILES string of the molecule is COc1ccc(CC(=O)NN=Cc2c(Cl)cccc2Cl)cc1OC. The molecule has 2 aromatic carbocycles. The van der Waals surface area contributed by atoms with Crippen LogP contribution < -0.4 is 14.9 Å².